The maximum absolute atomic E-state index is 13.1. The van der Waals surface area contributed by atoms with Gasteiger partial charge in [0.05, 0.1) is 34.5 Å². The molecule has 0 spiro atoms. The third-order valence-corrected chi connectivity index (χ3v) is 4.61. The fourth-order valence-electron chi connectivity index (χ4n) is 2.88. The van der Waals surface area contributed by atoms with E-state index >= 15 is 0 Å². The molecule has 3 nitrogen and oxygen atoms in total. The number of hydrogen-bond donors (Lipinski definition) is 0. The first kappa shape index (κ1) is 19.5. The summed E-state index contributed by atoms with van der Waals surface area (Å²) in [4.78, 5) is 16.8. The van der Waals surface area contributed by atoms with Crippen molar-refractivity contribution in [1.82, 2.24) is 4.98 Å². The number of methoxy groups -OCH3 is 1. The highest BCUT2D eigenvalue weighted by atomic mass is 35.5. The molecule has 140 valence electrons. The molecule has 0 N–H and O–H groups in total. The van der Waals surface area contributed by atoms with Crippen LogP contribution in [0, 0.1) is 6.92 Å². The minimum atomic E-state index is -4.50. The summed E-state index contributed by atoms with van der Waals surface area (Å²) in [5, 5.41) is 0.842. The van der Waals surface area contributed by atoms with Crippen LogP contribution < -0.4 is 0 Å². The Hall–Kier alpha value is -2.31. The molecule has 0 aliphatic heterocycles. The number of ether oxygens (including phenoxy) is 1. The molecule has 0 radical (unpaired) electrons. The number of halogens is 5. The lowest BCUT2D eigenvalue weighted by molar-refractivity contribution is -0.137. The van der Waals surface area contributed by atoms with Crippen molar-refractivity contribution in [3.63, 3.8) is 0 Å². The number of benzene rings is 2. The van der Waals surface area contributed by atoms with Crippen LogP contribution in [-0.2, 0) is 10.9 Å². The smallest absolute Gasteiger partial charge is 0.416 e. The van der Waals surface area contributed by atoms with E-state index in [1.54, 1.807) is 6.92 Å². The summed E-state index contributed by atoms with van der Waals surface area (Å²) < 4.78 is 44.1. The normalized spacial score (nSPS) is 11.7. The van der Waals surface area contributed by atoms with E-state index < -0.39 is 17.7 Å². The van der Waals surface area contributed by atoms with Crippen molar-refractivity contribution in [2.45, 2.75) is 13.1 Å². The highest BCUT2D eigenvalue weighted by Gasteiger charge is 2.31. The fourth-order valence-corrected chi connectivity index (χ4v) is 3.41. The van der Waals surface area contributed by atoms with Crippen molar-refractivity contribution in [2.24, 2.45) is 0 Å². The Balaban J connectivity index is 2.38. The summed E-state index contributed by atoms with van der Waals surface area (Å²) in [6.07, 6.45) is -4.50. The molecule has 0 saturated carbocycles. The minimum absolute atomic E-state index is 0.152. The Morgan fingerprint density at radius 3 is 2.48 bits per heavy atom. The van der Waals surface area contributed by atoms with Crippen LogP contribution in [0.1, 0.15) is 21.5 Å². The highest BCUT2D eigenvalue weighted by Crippen LogP contribution is 2.37. The lowest BCUT2D eigenvalue weighted by atomic mass is 9.97. The molecule has 8 heteroatoms. The molecule has 1 heterocycles. The number of fused-ring (bicyclic) bond motifs is 1. The van der Waals surface area contributed by atoms with E-state index in [1.807, 2.05) is 0 Å². The van der Waals surface area contributed by atoms with Gasteiger partial charge in [-0.25, -0.2) is 9.78 Å². The van der Waals surface area contributed by atoms with Gasteiger partial charge < -0.3 is 4.74 Å². The van der Waals surface area contributed by atoms with Crippen molar-refractivity contribution >= 4 is 40.1 Å². The summed E-state index contributed by atoms with van der Waals surface area (Å²) in [6.45, 7) is 1.59. The van der Waals surface area contributed by atoms with Gasteiger partial charge in [-0.15, -0.1) is 0 Å². The third-order valence-electron chi connectivity index (χ3n) is 4.10. The fraction of sp³-hybridized carbons (Fsp3) is 0.158. The quantitative estimate of drug-likeness (QED) is 0.461. The Bertz CT molecular complexity index is 1060. The van der Waals surface area contributed by atoms with Gasteiger partial charge in [0.25, 0.3) is 0 Å². The van der Waals surface area contributed by atoms with Crippen LogP contribution in [0.4, 0.5) is 13.2 Å². The minimum Gasteiger partial charge on any atom is -0.465 e. The van der Waals surface area contributed by atoms with Crippen LogP contribution in [0.15, 0.2) is 36.4 Å². The van der Waals surface area contributed by atoms with E-state index in [2.05, 4.69) is 4.98 Å². The number of rotatable bonds is 2. The largest absolute Gasteiger partial charge is 0.465 e. The zero-order valence-corrected chi connectivity index (χ0v) is 15.6. The van der Waals surface area contributed by atoms with Gasteiger partial charge in [-0.1, -0.05) is 35.3 Å². The second kappa shape index (κ2) is 7.02. The van der Waals surface area contributed by atoms with Crippen LogP contribution in [0.2, 0.25) is 10.0 Å². The number of aromatic nitrogens is 1. The molecule has 0 aliphatic rings. The van der Waals surface area contributed by atoms with Crippen LogP contribution in [0.5, 0.6) is 0 Å². The van der Waals surface area contributed by atoms with Crippen LogP contribution in [-0.4, -0.2) is 18.1 Å². The van der Waals surface area contributed by atoms with E-state index in [0.29, 0.717) is 16.0 Å². The van der Waals surface area contributed by atoms with Gasteiger partial charge in [-0.3, -0.25) is 0 Å². The number of hydrogen-bond acceptors (Lipinski definition) is 3. The second-order valence-corrected chi connectivity index (χ2v) is 6.66. The van der Waals surface area contributed by atoms with Crippen LogP contribution in [0.25, 0.3) is 22.2 Å². The van der Waals surface area contributed by atoms with Gasteiger partial charge in [0, 0.05) is 16.0 Å². The number of carbonyl (C=O) groups excluding carboxylic acids is 1. The van der Waals surface area contributed by atoms with Gasteiger partial charge in [0.15, 0.2) is 0 Å². The molecule has 0 saturated heterocycles. The van der Waals surface area contributed by atoms with E-state index in [0.717, 1.165) is 12.1 Å². The Labute approximate surface area is 162 Å². The molecule has 0 atom stereocenters. The van der Waals surface area contributed by atoms with Crippen molar-refractivity contribution in [1.29, 1.82) is 0 Å². The van der Waals surface area contributed by atoms with Crippen molar-refractivity contribution in [3.05, 3.63) is 63.1 Å². The SMILES string of the molecule is COC(=O)c1c(C)c(-c2cccc(C(F)(F)F)c2)nc2c(Cl)cc(Cl)cc12. The highest BCUT2D eigenvalue weighted by molar-refractivity contribution is 6.38. The van der Waals surface area contributed by atoms with Crippen molar-refractivity contribution < 1.29 is 22.7 Å². The zero-order chi connectivity index (χ0) is 19.9. The van der Waals surface area contributed by atoms with Gasteiger partial charge in [0.2, 0.25) is 0 Å². The van der Waals surface area contributed by atoms with Gasteiger partial charge in [-0.05, 0) is 36.8 Å². The van der Waals surface area contributed by atoms with E-state index in [-0.39, 0.29) is 27.4 Å². The van der Waals surface area contributed by atoms with E-state index in [9.17, 15) is 18.0 Å². The standard InChI is InChI=1S/C19H12Cl2F3NO2/c1-9-15(18(26)27-2)13-7-12(20)8-14(21)17(13)25-16(9)10-4-3-5-11(6-10)19(22,23)24/h3-8H,1-2H3. The predicted octanol–water partition coefficient (Wildman–Crippen LogP) is 6.32. The molecule has 0 fully saturated rings. The van der Waals surface area contributed by atoms with Gasteiger partial charge in [0.1, 0.15) is 0 Å². The van der Waals surface area contributed by atoms with Crippen LogP contribution in [0.3, 0.4) is 0 Å². The Kier molecular flexibility index (Phi) is 5.06. The summed E-state index contributed by atoms with van der Waals surface area (Å²) >= 11 is 12.3. The maximum Gasteiger partial charge on any atom is 0.416 e. The molecule has 0 bridgehead atoms. The molecule has 0 aliphatic carbocycles. The van der Waals surface area contributed by atoms with E-state index in [1.165, 1.54) is 31.4 Å². The number of pyridine rings is 1. The average Bonchev–Trinajstić information content (AvgIpc) is 2.60. The average molecular weight is 414 g/mol. The number of nitrogens with zero attached hydrogens (tertiary/aromatic N) is 1. The Morgan fingerprint density at radius 1 is 1.15 bits per heavy atom. The first-order valence-corrected chi connectivity index (χ1v) is 8.44. The Morgan fingerprint density at radius 2 is 1.85 bits per heavy atom. The lowest BCUT2D eigenvalue weighted by Gasteiger charge is -2.15. The molecule has 0 amide bonds. The summed E-state index contributed by atoms with van der Waals surface area (Å²) in [6, 6.07) is 7.68. The number of carbonyl (C=O) groups is 1. The van der Waals surface area contributed by atoms with Crippen molar-refractivity contribution in [3.8, 4) is 11.3 Å². The number of esters is 1. The molecule has 3 rings (SSSR count). The molecule has 27 heavy (non-hydrogen) atoms. The molecule has 0 unspecified atom stereocenters. The van der Waals surface area contributed by atoms with Gasteiger partial charge in [-0.2, -0.15) is 13.2 Å². The molecule has 1 aromatic heterocycles. The summed E-state index contributed by atoms with van der Waals surface area (Å²) in [5.41, 5.74) is 0.368. The molecule has 2 aromatic carbocycles. The molecular weight excluding hydrogens is 402 g/mol. The zero-order valence-electron chi connectivity index (χ0n) is 14.1. The molecule has 3 aromatic rings. The van der Waals surface area contributed by atoms with Gasteiger partial charge >= 0.3 is 12.1 Å². The monoisotopic (exact) mass is 413 g/mol. The summed E-state index contributed by atoms with van der Waals surface area (Å²) in [7, 11) is 1.21. The lowest BCUT2D eigenvalue weighted by Crippen LogP contribution is -2.09. The first-order valence-electron chi connectivity index (χ1n) is 7.68. The third kappa shape index (κ3) is 3.59. The molecular formula is C19H12Cl2F3NO2. The van der Waals surface area contributed by atoms with Crippen LogP contribution >= 0.6 is 23.2 Å². The van der Waals surface area contributed by atoms with E-state index in [4.69, 9.17) is 27.9 Å². The summed E-state index contributed by atoms with van der Waals surface area (Å²) in [5.74, 6) is -0.661. The maximum atomic E-state index is 13.1. The van der Waals surface area contributed by atoms with Crippen molar-refractivity contribution in [2.75, 3.05) is 7.11 Å². The first-order chi connectivity index (χ1) is 12.6. The second-order valence-electron chi connectivity index (χ2n) is 5.81. The topological polar surface area (TPSA) is 39.2 Å². The number of alkyl halides is 3. The predicted molar refractivity (Wildman–Crippen MR) is 98.3 cm³/mol.